The summed E-state index contributed by atoms with van der Waals surface area (Å²) in [6.07, 6.45) is 1.35. The molecule has 2 aromatic rings. The normalized spacial score (nSPS) is 10.7. The summed E-state index contributed by atoms with van der Waals surface area (Å²) in [5, 5.41) is 0.765. The predicted octanol–water partition coefficient (Wildman–Crippen LogP) is 2.29. The Morgan fingerprint density at radius 2 is 1.94 bits per heavy atom. The molecule has 0 saturated carbocycles. The molecule has 2 rings (SSSR count). The van der Waals surface area contributed by atoms with E-state index in [0.29, 0.717) is 20.4 Å². The van der Waals surface area contributed by atoms with Crippen molar-refractivity contribution in [1.29, 1.82) is 0 Å². The van der Waals surface area contributed by atoms with Crippen LogP contribution in [0.3, 0.4) is 0 Å². The van der Waals surface area contributed by atoms with Crippen LogP contribution in [0.5, 0.6) is 5.75 Å². The second kappa shape index (κ2) is 8.40. The number of fused-ring (bicyclic) bond motifs is 1. The Morgan fingerprint density at radius 3 is 2.50 bits per heavy atom. The van der Waals surface area contributed by atoms with Gasteiger partial charge in [-0.25, -0.2) is 4.57 Å². The number of aromatic nitrogens is 1. The zero-order valence-corrected chi connectivity index (χ0v) is 19.1. The molecule has 18 heavy (non-hydrogen) atoms. The summed E-state index contributed by atoms with van der Waals surface area (Å²) < 4.78 is 15.9. The molecular formula is C8H6BrClK2NO4P. The summed E-state index contributed by atoms with van der Waals surface area (Å²) in [4.78, 5) is 20.3. The molecule has 0 bridgehead atoms. The van der Waals surface area contributed by atoms with E-state index in [4.69, 9.17) is 21.4 Å². The third kappa shape index (κ3) is 5.19. The first-order valence-corrected chi connectivity index (χ1v) is 6.79. The number of aromatic amines is 1. The third-order valence-electron chi connectivity index (χ3n) is 1.92. The van der Waals surface area contributed by atoms with Crippen LogP contribution in [0.15, 0.2) is 22.8 Å². The van der Waals surface area contributed by atoms with Crippen LogP contribution in [-0.2, 0) is 4.57 Å². The van der Waals surface area contributed by atoms with Crippen molar-refractivity contribution < 1.29 is 18.9 Å². The van der Waals surface area contributed by atoms with E-state index in [2.05, 4.69) is 25.4 Å². The maximum Gasteiger partial charge on any atom is 0.524 e. The summed E-state index contributed by atoms with van der Waals surface area (Å²) in [7, 11) is -4.59. The molecule has 0 aliphatic rings. The van der Waals surface area contributed by atoms with Gasteiger partial charge in [0.05, 0.1) is 15.9 Å². The Balaban J connectivity index is 0.00000144. The predicted molar refractivity (Wildman–Crippen MR) is 75.2 cm³/mol. The minimum absolute atomic E-state index is 0. The Morgan fingerprint density at radius 1 is 1.33 bits per heavy atom. The zero-order chi connectivity index (χ0) is 11.9. The molecule has 3 N–H and O–H groups in total. The van der Waals surface area contributed by atoms with Crippen molar-refractivity contribution in [2.45, 2.75) is 0 Å². The second-order valence-corrected chi connectivity index (χ2v) is 5.41. The molecular weight excluding hydrogens is 399 g/mol. The molecule has 2 radical (unpaired) electrons. The first-order valence-electron chi connectivity index (χ1n) is 4.09. The van der Waals surface area contributed by atoms with Crippen LogP contribution in [0.2, 0.25) is 5.02 Å². The van der Waals surface area contributed by atoms with Gasteiger partial charge >= 0.3 is 7.82 Å². The topological polar surface area (TPSA) is 82.6 Å². The van der Waals surface area contributed by atoms with Crippen molar-refractivity contribution in [3.63, 3.8) is 0 Å². The average molecular weight is 405 g/mol. The summed E-state index contributed by atoms with van der Waals surface area (Å²) in [6.45, 7) is 0. The van der Waals surface area contributed by atoms with Gasteiger partial charge in [-0.3, -0.25) is 9.79 Å². The van der Waals surface area contributed by atoms with Crippen molar-refractivity contribution >= 4 is 149 Å². The van der Waals surface area contributed by atoms with Gasteiger partial charge in [0.15, 0.2) is 5.75 Å². The SMILES string of the molecule is O=P(O)(O)Oc1c[nH]c2ccc(Br)c(Cl)c12.[K].[K]. The zero-order valence-electron chi connectivity index (χ0n) is 9.65. The molecule has 0 saturated heterocycles. The molecule has 0 fully saturated rings. The van der Waals surface area contributed by atoms with Crippen LogP contribution in [-0.4, -0.2) is 118 Å². The number of phosphoric ester groups is 1. The molecule has 10 heteroatoms. The van der Waals surface area contributed by atoms with Crippen LogP contribution in [0.1, 0.15) is 0 Å². The quantitative estimate of drug-likeness (QED) is 0.530. The fourth-order valence-electron chi connectivity index (χ4n) is 1.33. The first-order chi connectivity index (χ1) is 7.38. The van der Waals surface area contributed by atoms with E-state index in [9.17, 15) is 4.57 Å². The molecule has 5 nitrogen and oxygen atoms in total. The second-order valence-electron chi connectivity index (χ2n) is 3.02. The average Bonchev–Trinajstić information content (AvgIpc) is 2.53. The largest absolute Gasteiger partial charge is 0.524 e. The molecule has 0 aliphatic heterocycles. The number of nitrogens with one attached hydrogen (secondary N) is 1. The Kier molecular flexibility index (Phi) is 9.69. The Hall–Kier alpha value is 2.75. The van der Waals surface area contributed by atoms with E-state index in [1.807, 2.05) is 0 Å². The number of benzene rings is 1. The van der Waals surface area contributed by atoms with E-state index in [0.717, 1.165) is 0 Å². The number of hydrogen-bond acceptors (Lipinski definition) is 2. The van der Waals surface area contributed by atoms with Crippen LogP contribution in [0.25, 0.3) is 10.9 Å². The van der Waals surface area contributed by atoms with E-state index in [-0.39, 0.29) is 109 Å². The minimum atomic E-state index is -4.59. The molecule has 1 heterocycles. The monoisotopic (exact) mass is 403 g/mol. The third-order valence-corrected chi connectivity index (χ3v) is 3.63. The van der Waals surface area contributed by atoms with Gasteiger partial charge in [-0.15, -0.1) is 0 Å². The van der Waals surface area contributed by atoms with Gasteiger partial charge < -0.3 is 9.51 Å². The number of hydrogen-bond donors (Lipinski definition) is 3. The smallest absolute Gasteiger partial charge is 0.402 e. The van der Waals surface area contributed by atoms with Gasteiger partial charge in [0.25, 0.3) is 0 Å². The molecule has 0 unspecified atom stereocenters. The van der Waals surface area contributed by atoms with E-state index in [1.54, 1.807) is 12.1 Å². The molecule has 0 spiro atoms. The number of rotatable bonds is 2. The number of H-pyrrole nitrogens is 1. The number of phosphoric acid groups is 1. The van der Waals surface area contributed by atoms with E-state index in [1.165, 1.54) is 6.20 Å². The fraction of sp³-hybridized carbons (Fsp3) is 0. The van der Waals surface area contributed by atoms with Crippen LogP contribution in [0.4, 0.5) is 0 Å². The Labute approximate surface area is 202 Å². The van der Waals surface area contributed by atoms with Crippen molar-refractivity contribution in [2.24, 2.45) is 0 Å². The maximum absolute atomic E-state index is 10.7. The molecule has 1 aromatic carbocycles. The van der Waals surface area contributed by atoms with Crippen molar-refractivity contribution in [1.82, 2.24) is 4.98 Å². The summed E-state index contributed by atoms with van der Waals surface area (Å²) in [6, 6.07) is 3.44. The van der Waals surface area contributed by atoms with Gasteiger partial charge in [0.1, 0.15) is 0 Å². The summed E-state index contributed by atoms with van der Waals surface area (Å²) in [5.74, 6) is 0.0228. The van der Waals surface area contributed by atoms with Crippen molar-refractivity contribution in [3.8, 4) is 5.75 Å². The van der Waals surface area contributed by atoms with Crippen LogP contribution in [0, 0.1) is 0 Å². The van der Waals surface area contributed by atoms with Gasteiger partial charge in [0.2, 0.25) is 0 Å². The van der Waals surface area contributed by atoms with Gasteiger partial charge in [-0.2, -0.15) is 0 Å². The number of halogens is 2. The standard InChI is InChI=1S/C8H6BrClNO4P.2K/c9-4-1-2-5-7(8(4)10)6(3-11-5)15-16(12,13)14;;/h1-3,11H,(H2,12,13,14);;. The summed E-state index contributed by atoms with van der Waals surface area (Å²) >= 11 is 9.22. The first kappa shape index (κ1) is 20.8. The van der Waals surface area contributed by atoms with Crippen molar-refractivity contribution in [3.05, 3.63) is 27.8 Å². The van der Waals surface area contributed by atoms with E-state index >= 15 is 0 Å². The van der Waals surface area contributed by atoms with Gasteiger partial charge in [-0.05, 0) is 28.1 Å². The van der Waals surface area contributed by atoms with Gasteiger partial charge in [-0.1, -0.05) is 11.6 Å². The fourth-order valence-corrected chi connectivity index (χ4v) is 2.32. The maximum atomic E-state index is 10.7. The molecule has 0 atom stereocenters. The van der Waals surface area contributed by atoms with Crippen LogP contribution < -0.4 is 4.52 Å². The van der Waals surface area contributed by atoms with Gasteiger partial charge in [0, 0.05) is 113 Å². The molecule has 1 aromatic heterocycles. The van der Waals surface area contributed by atoms with Crippen LogP contribution >= 0.6 is 35.4 Å². The van der Waals surface area contributed by atoms with Crippen molar-refractivity contribution in [2.75, 3.05) is 0 Å². The van der Waals surface area contributed by atoms with E-state index < -0.39 is 7.82 Å². The molecule has 88 valence electrons. The Bertz CT molecular complexity index is 602. The molecule has 0 aliphatic carbocycles. The summed E-state index contributed by atoms with van der Waals surface area (Å²) in [5.41, 5.74) is 0.636. The molecule has 0 amide bonds. The minimum Gasteiger partial charge on any atom is -0.402 e.